The van der Waals surface area contributed by atoms with E-state index in [2.05, 4.69) is 4.72 Å². The number of aryl methyl sites for hydroxylation is 1. The maximum absolute atomic E-state index is 13.1. The lowest BCUT2D eigenvalue weighted by Crippen LogP contribution is -2.36. The monoisotopic (exact) mass is 426 g/mol. The van der Waals surface area contributed by atoms with E-state index in [9.17, 15) is 8.42 Å². The van der Waals surface area contributed by atoms with Crippen molar-refractivity contribution in [3.05, 3.63) is 89.5 Å². The number of rotatable bonds is 8. The van der Waals surface area contributed by atoms with Gasteiger partial charge in [-0.15, -0.1) is 0 Å². The van der Waals surface area contributed by atoms with Crippen molar-refractivity contribution in [3.63, 3.8) is 0 Å². The van der Waals surface area contributed by atoms with E-state index in [0.29, 0.717) is 11.5 Å². The molecule has 2 atom stereocenters. The predicted octanol–water partition coefficient (Wildman–Crippen LogP) is 3.73. The van der Waals surface area contributed by atoms with E-state index >= 15 is 0 Å². The van der Waals surface area contributed by atoms with E-state index in [-0.39, 0.29) is 4.90 Å². The lowest BCUT2D eigenvalue weighted by molar-refractivity contribution is 0.413. The summed E-state index contributed by atoms with van der Waals surface area (Å²) in [6.45, 7) is 1.91. The Morgan fingerprint density at radius 2 is 1.23 bits per heavy atom. The molecule has 30 heavy (non-hydrogen) atoms. The molecule has 0 fully saturated rings. The largest absolute Gasteiger partial charge is 0.497 e. The summed E-state index contributed by atoms with van der Waals surface area (Å²) in [5, 5.41) is 0. The van der Waals surface area contributed by atoms with Crippen molar-refractivity contribution in [2.24, 2.45) is 5.73 Å². The number of hydrogen-bond donors (Lipinski definition) is 2. The van der Waals surface area contributed by atoms with E-state index in [1.54, 1.807) is 62.8 Å². The molecule has 0 unspecified atom stereocenters. The summed E-state index contributed by atoms with van der Waals surface area (Å²) in [4.78, 5) is 0.188. The molecule has 0 aliphatic carbocycles. The Bertz CT molecular complexity index is 1060. The second kappa shape index (κ2) is 9.30. The van der Waals surface area contributed by atoms with E-state index in [0.717, 1.165) is 16.7 Å². The van der Waals surface area contributed by atoms with Gasteiger partial charge in [0, 0.05) is 0 Å². The van der Waals surface area contributed by atoms with E-state index in [1.807, 2.05) is 31.2 Å². The van der Waals surface area contributed by atoms with Gasteiger partial charge < -0.3 is 15.2 Å². The summed E-state index contributed by atoms with van der Waals surface area (Å²) in [7, 11) is -0.625. The normalized spacial score (nSPS) is 13.5. The number of sulfonamides is 1. The Morgan fingerprint density at radius 3 is 1.70 bits per heavy atom. The summed E-state index contributed by atoms with van der Waals surface area (Å²) in [5.41, 5.74) is 9.04. The standard InChI is InChI=1S/C23H26N2O4S/c1-16-4-14-21(15-5-16)30(26,27)25-23(18-8-12-20(29-3)13-9-18)22(24)17-6-10-19(28-2)11-7-17/h4-15,22-23,25H,24H2,1-3H3/t22-,23-/m0/s1. The first kappa shape index (κ1) is 21.8. The van der Waals surface area contributed by atoms with Gasteiger partial charge in [0.2, 0.25) is 10.0 Å². The van der Waals surface area contributed by atoms with E-state index < -0.39 is 22.1 Å². The zero-order valence-corrected chi connectivity index (χ0v) is 18.0. The van der Waals surface area contributed by atoms with Crippen molar-refractivity contribution >= 4 is 10.0 Å². The minimum Gasteiger partial charge on any atom is -0.497 e. The molecule has 0 amide bonds. The number of benzene rings is 3. The zero-order valence-electron chi connectivity index (χ0n) is 17.2. The molecule has 0 saturated heterocycles. The van der Waals surface area contributed by atoms with Gasteiger partial charge in [0.25, 0.3) is 0 Å². The Labute approximate surface area is 177 Å². The molecule has 7 heteroatoms. The van der Waals surface area contributed by atoms with Gasteiger partial charge in [-0.1, -0.05) is 42.0 Å². The van der Waals surface area contributed by atoms with Crippen LogP contribution in [0.15, 0.2) is 77.7 Å². The molecule has 0 aliphatic heterocycles. The Hall–Kier alpha value is -2.87. The van der Waals surface area contributed by atoms with Crippen molar-refractivity contribution < 1.29 is 17.9 Å². The first-order valence-electron chi connectivity index (χ1n) is 9.46. The summed E-state index contributed by atoms with van der Waals surface area (Å²) < 4.78 is 39.4. The quantitative estimate of drug-likeness (QED) is 0.573. The molecule has 0 aromatic heterocycles. The third-order valence-corrected chi connectivity index (χ3v) is 6.41. The van der Waals surface area contributed by atoms with Crippen LogP contribution in [0.25, 0.3) is 0 Å². The van der Waals surface area contributed by atoms with Crippen molar-refractivity contribution in [2.45, 2.75) is 23.9 Å². The van der Waals surface area contributed by atoms with Crippen LogP contribution < -0.4 is 19.9 Å². The lowest BCUT2D eigenvalue weighted by Gasteiger charge is -2.26. The topological polar surface area (TPSA) is 90.6 Å². The number of hydrogen-bond acceptors (Lipinski definition) is 5. The number of nitrogens with two attached hydrogens (primary N) is 1. The summed E-state index contributed by atoms with van der Waals surface area (Å²) in [5.74, 6) is 1.38. The molecule has 3 aromatic rings. The molecule has 158 valence electrons. The van der Waals surface area contributed by atoms with Crippen LogP contribution in [0.3, 0.4) is 0 Å². The van der Waals surface area contributed by atoms with Gasteiger partial charge in [-0.05, 0) is 54.4 Å². The molecule has 0 bridgehead atoms. The molecular formula is C23H26N2O4S. The second-order valence-electron chi connectivity index (χ2n) is 6.98. The molecule has 0 heterocycles. The van der Waals surface area contributed by atoms with Crippen LogP contribution in [0.2, 0.25) is 0 Å². The minimum absolute atomic E-state index is 0.188. The smallest absolute Gasteiger partial charge is 0.241 e. The molecular weight excluding hydrogens is 400 g/mol. The van der Waals surface area contributed by atoms with Crippen molar-refractivity contribution in [2.75, 3.05) is 14.2 Å². The first-order valence-corrected chi connectivity index (χ1v) is 10.9. The van der Waals surface area contributed by atoms with Crippen LogP contribution in [0, 0.1) is 6.92 Å². The highest BCUT2D eigenvalue weighted by Gasteiger charge is 2.27. The van der Waals surface area contributed by atoms with Crippen LogP contribution in [-0.4, -0.2) is 22.6 Å². The van der Waals surface area contributed by atoms with Crippen LogP contribution in [0.5, 0.6) is 11.5 Å². The molecule has 6 nitrogen and oxygen atoms in total. The SMILES string of the molecule is COc1ccc([C@H](N)[C@@H](NS(=O)(=O)c2ccc(C)cc2)c2ccc(OC)cc2)cc1. The molecule has 0 saturated carbocycles. The molecule has 3 N–H and O–H groups in total. The fourth-order valence-electron chi connectivity index (χ4n) is 3.13. The molecule has 3 rings (SSSR count). The Balaban J connectivity index is 1.98. The van der Waals surface area contributed by atoms with E-state index in [1.165, 1.54) is 0 Å². The van der Waals surface area contributed by atoms with Gasteiger partial charge in [0.1, 0.15) is 11.5 Å². The number of ether oxygens (including phenoxy) is 2. The fourth-order valence-corrected chi connectivity index (χ4v) is 4.38. The van der Waals surface area contributed by atoms with Crippen LogP contribution in [0.1, 0.15) is 28.8 Å². The maximum Gasteiger partial charge on any atom is 0.241 e. The molecule has 0 radical (unpaired) electrons. The van der Waals surface area contributed by atoms with Gasteiger partial charge in [-0.2, -0.15) is 0 Å². The van der Waals surface area contributed by atoms with Crippen molar-refractivity contribution in [1.82, 2.24) is 4.72 Å². The highest BCUT2D eigenvalue weighted by molar-refractivity contribution is 7.89. The third kappa shape index (κ3) is 4.99. The Morgan fingerprint density at radius 1 is 0.767 bits per heavy atom. The summed E-state index contributed by atoms with van der Waals surface area (Å²) in [6.07, 6.45) is 0. The molecule has 0 aliphatic rings. The first-order chi connectivity index (χ1) is 14.3. The third-order valence-electron chi connectivity index (χ3n) is 4.95. The summed E-state index contributed by atoms with van der Waals surface area (Å²) in [6, 6.07) is 19.8. The van der Waals surface area contributed by atoms with Gasteiger partial charge in [-0.25, -0.2) is 13.1 Å². The van der Waals surface area contributed by atoms with Crippen LogP contribution in [0.4, 0.5) is 0 Å². The molecule has 0 spiro atoms. The predicted molar refractivity (Wildman–Crippen MR) is 117 cm³/mol. The van der Waals surface area contributed by atoms with Crippen LogP contribution in [-0.2, 0) is 10.0 Å². The van der Waals surface area contributed by atoms with Crippen molar-refractivity contribution in [3.8, 4) is 11.5 Å². The maximum atomic E-state index is 13.1. The lowest BCUT2D eigenvalue weighted by atomic mass is 9.95. The van der Waals surface area contributed by atoms with Crippen molar-refractivity contribution in [1.29, 1.82) is 0 Å². The average Bonchev–Trinajstić information content (AvgIpc) is 2.77. The summed E-state index contributed by atoms with van der Waals surface area (Å²) >= 11 is 0. The van der Waals surface area contributed by atoms with Crippen LogP contribution >= 0.6 is 0 Å². The highest BCUT2D eigenvalue weighted by Crippen LogP contribution is 2.31. The van der Waals surface area contributed by atoms with Gasteiger partial charge in [-0.3, -0.25) is 0 Å². The van der Waals surface area contributed by atoms with E-state index in [4.69, 9.17) is 15.2 Å². The minimum atomic E-state index is -3.79. The average molecular weight is 427 g/mol. The highest BCUT2D eigenvalue weighted by atomic mass is 32.2. The number of nitrogens with one attached hydrogen (secondary N) is 1. The van der Waals surface area contributed by atoms with Gasteiger partial charge in [0.15, 0.2) is 0 Å². The van der Waals surface area contributed by atoms with Gasteiger partial charge >= 0.3 is 0 Å². The zero-order chi connectivity index (χ0) is 21.7. The fraction of sp³-hybridized carbons (Fsp3) is 0.217. The number of methoxy groups -OCH3 is 2. The van der Waals surface area contributed by atoms with Gasteiger partial charge in [0.05, 0.1) is 31.2 Å². The Kier molecular flexibility index (Phi) is 6.77. The second-order valence-corrected chi connectivity index (χ2v) is 8.70. The molecule has 3 aromatic carbocycles.